The van der Waals surface area contributed by atoms with E-state index in [9.17, 15) is 9.90 Å². The van der Waals surface area contributed by atoms with Crippen molar-refractivity contribution in [1.82, 2.24) is 5.32 Å². The quantitative estimate of drug-likeness (QED) is 0.844. The number of carbonyl (C=O) groups is 1. The molecule has 0 aromatic heterocycles. The maximum atomic E-state index is 12.2. The fourth-order valence-corrected chi connectivity index (χ4v) is 3.18. The van der Waals surface area contributed by atoms with Gasteiger partial charge in [-0.3, -0.25) is 4.79 Å². The van der Waals surface area contributed by atoms with E-state index < -0.39 is 5.60 Å². The third-order valence-corrected chi connectivity index (χ3v) is 4.59. The summed E-state index contributed by atoms with van der Waals surface area (Å²) < 4.78 is 0. The van der Waals surface area contributed by atoms with Crippen molar-refractivity contribution in [3.05, 3.63) is 35.9 Å². The number of hydrogen-bond acceptors (Lipinski definition) is 2. The third kappa shape index (κ3) is 4.57. The van der Waals surface area contributed by atoms with Crippen LogP contribution in [0.15, 0.2) is 30.3 Å². The predicted molar refractivity (Wildman–Crippen MR) is 85.1 cm³/mol. The summed E-state index contributed by atoms with van der Waals surface area (Å²) in [6.45, 7) is 4.69. The summed E-state index contributed by atoms with van der Waals surface area (Å²) in [5, 5.41) is 13.2. The van der Waals surface area contributed by atoms with Gasteiger partial charge in [0.1, 0.15) is 0 Å². The Bertz CT molecular complexity index is 450. The van der Waals surface area contributed by atoms with Crippen molar-refractivity contribution in [2.45, 2.75) is 57.5 Å². The molecule has 1 aromatic rings. The van der Waals surface area contributed by atoms with Gasteiger partial charge in [-0.05, 0) is 30.2 Å². The molecule has 2 rings (SSSR count). The number of carbonyl (C=O) groups excluding carboxylic acids is 1. The van der Waals surface area contributed by atoms with Crippen molar-refractivity contribution in [2.24, 2.45) is 5.92 Å². The van der Waals surface area contributed by atoms with Crippen LogP contribution in [-0.4, -0.2) is 23.2 Å². The molecule has 0 saturated heterocycles. The van der Waals surface area contributed by atoms with Crippen LogP contribution in [0.3, 0.4) is 0 Å². The van der Waals surface area contributed by atoms with Gasteiger partial charge in [-0.25, -0.2) is 0 Å². The summed E-state index contributed by atoms with van der Waals surface area (Å²) in [7, 11) is 0. The van der Waals surface area contributed by atoms with Gasteiger partial charge in [-0.1, -0.05) is 57.0 Å². The molecule has 0 aliphatic heterocycles. The zero-order chi connectivity index (χ0) is 15.3. The highest BCUT2D eigenvalue weighted by Gasteiger charge is 2.31. The number of aliphatic hydroxyl groups is 1. The minimum Gasteiger partial charge on any atom is -0.388 e. The largest absolute Gasteiger partial charge is 0.388 e. The van der Waals surface area contributed by atoms with E-state index in [1.807, 2.05) is 18.2 Å². The van der Waals surface area contributed by atoms with Gasteiger partial charge >= 0.3 is 0 Å². The van der Waals surface area contributed by atoms with Crippen molar-refractivity contribution in [3.8, 4) is 0 Å². The zero-order valence-corrected chi connectivity index (χ0v) is 13.1. The molecule has 3 heteroatoms. The fraction of sp³-hybridized carbons (Fsp3) is 0.611. The van der Waals surface area contributed by atoms with Gasteiger partial charge in [0.05, 0.1) is 5.60 Å². The molecule has 1 aliphatic rings. The predicted octanol–water partition coefficient (Wildman–Crippen LogP) is 3.24. The Morgan fingerprint density at radius 2 is 1.86 bits per heavy atom. The first-order valence-electron chi connectivity index (χ1n) is 8.04. The molecule has 1 aliphatic carbocycles. The molecule has 0 heterocycles. The first kappa shape index (κ1) is 16.0. The van der Waals surface area contributed by atoms with E-state index in [0.29, 0.717) is 18.9 Å². The molecule has 116 valence electrons. The van der Waals surface area contributed by atoms with Gasteiger partial charge in [0.2, 0.25) is 5.91 Å². The number of benzene rings is 1. The van der Waals surface area contributed by atoms with Gasteiger partial charge in [0, 0.05) is 13.0 Å². The molecule has 0 radical (unpaired) electrons. The molecule has 1 aromatic carbocycles. The molecule has 1 unspecified atom stereocenters. The van der Waals surface area contributed by atoms with Crippen LogP contribution in [0, 0.1) is 5.92 Å². The highest BCUT2D eigenvalue weighted by Crippen LogP contribution is 2.30. The molecule has 21 heavy (non-hydrogen) atoms. The SMILES string of the molecule is CC(C)C(CC(=O)NCC1(O)CCCC1)c1ccccc1. The maximum Gasteiger partial charge on any atom is 0.220 e. The van der Waals surface area contributed by atoms with E-state index in [1.165, 1.54) is 5.56 Å². The molecule has 0 spiro atoms. The number of rotatable bonds is 6. The number of amides is 1. The lowest BCUT2D eigenvalue weighted by molar-refractivity contribution is -0.122. The topological polar surface area (TPSA) is 49.3 Å². The van der Waals surface area contributed by atoms with Crippen LogP contribution in [-0.2, 0) is 4.79 Å². The molecule has 1 atom stereocenters. The average molecular weight is 289 g/mol. The highest BCUT2D eigenvalue weighted by molar-refractivity contribution is 5.77. The summed E-state index contributed by atoms with van der Waals surface area (Å²) in [5.74, 6) is 0.676. The Balaban J connectivity index is 1.90. The standard InChI is InChI=1S/C18H27NO2/c1-14(2)16(15-8-4-3-5-9-15)12-17(20)19-13-18(21)10-6-7-11-18/h3-5,8-9,14,16,21H,6-7,10-13H2,1-2H3,(H,19,20). The van der Waals surface area contributed by atoms with Crippen LogP contribution in [0.1, 0.15) is 57.4 Å². The number of nitrogens with one attached hydrogen (secondary N) is 1. The molecular formula is C18H27NO2. The van der Waals surface area contributed by atoms with E-state index >= 15 is 0 Å². The van der Waals surface area contributed by atoms with Gasteiger partial charge in [0.25, 0.3) is 0 Å². The zero-order valence-electron chi connectivity index (χ0n) is 13.1. The molecule has 0 bridgehead atoms. The second-order valence-electron chi connectivity index (χ2n) is 6.67. The van der Waals surface area contributed by atoms with Crippen LogP contribution in [0.5, 0.6) is 0 Å². The summed E-state index contributed by atoms with van der Waals surface area (Å²) >= 11 is 0. The lowest BCUT2D eigenvalue weighted by Crippen LogP contribution is -2.41. The van der Waals surface area contributed by atoms with Crippen LogP contribution >= 0.6 is 0 Å². The maximum absolute atomic E-state index is 12.2. The minimum absolute atomic E-state index is 0.0397. The Hall–Kier alpha value is -1.35. The Morgan fingerprint density at radius 1 is 1.24 bits per heavy atom. The normalized spacial score (nSPS) is 18.7. The van der Waals surface area contributed by atoms with E-state index in [1.54, 1.807) is 0 Å². The van der Waals surface area contributed by atoms with E-state index in [2.05, 4.69) is 31.3 Å². The van der Waals surface area contributed by atoms with Crippen LogP contribution in [0.4, 0.5) is 0 Å². The minimum atomic E-state index is -0.671. The second-order valence-corrected chi connectivity index (χ2v) is 6.67. The van der Waals surface area contributed by atoms with Crippen LogP contribution in [0.25, 0.3) is 0 Å². The van der Waals surface area contributed by atoms with Crippen LogP contribution in [0.2, 0.25) is 0 Å². The van der Waals surface area contributed by atoms with Gasteiger partial charge in [-0.2, -0.15) is 0 Å². The van der Waals surface area contributed by atoms with Gasteiger partial charge < -0.3 is 10.4 Å². The lowest BCUT2D eigenvalue weighted by Gasteiger charge is -2.24. The Kier molecular flexibility index (Phi) is 5.40. The summed E-state index contributed by atoms with van der Waals surface area (Å²) in [5.41, 5.74) is 0.539. The van der Waals surface area contributed by atoms with Crippen molar-refractivity contribution in [3.63, 3.8) is 0 Å². The smallest absolute Gasteiger partial charge is 0.220 e. The summed E-state index contributed by atoms with van der Waals surface area (Å²) in [4.78, 5) is 12.2. The first-order valence-corrected chi connectivity index (χ1v) is 8.04. The van der Waals surface area contributed by atoms with E-state index in [4.69, 9.17) is 0 Å². The average Bonchev–Trinajstić information content (AvgIpc) is 2.90. The molecule has 2 N–H and O–H groups in total. The number of hydrogen-bond donors (Lipinski definition) is 2. The monoisotopic (exact) mass is 289 g/mol. The Morgan fingerprint density at radius 3 is 2.43 bits per heavy atom. The van der Waals surface area contributed by atoms with Gasteiger partial charge in [-0.15, -0.1) is 0 Å². The highest BCUT2D eigenvalue weighted by atomic mass is 16.3. The molecular weight excluding hydrogens is 262 g/mol. The van der Waals surface area contributed by atoms with Gasteiger partial charge in [0.15, 0.2) is 0 Å². The van der Waals surface area contributed by atoms with Crippen molar-refractivity contribution in [1.29, 1.82) is 0 Å². The fourth-order valence-electron chi connectivity index (χ4n) is 3.18. The van der Waals surface area contributed by atoms with Crippen molar-refractivity contribution < 1.29 is 9.90 Å². The second kappa shape index (κ2) is 7.08. The van der Waals surface area contributed by atoms with E-state index in [0.717, 1.165) is 25.7 Å². The third-order valence-electron chi connectivity index (χ3n) is 4.59. The molecule has 3 nitrogen and oxygen atoms in total. The summed E-state index contributed by atoms with van der Waals surface area (Å²) in [6, 6.07) is 10.2. The summed E-state index contributed by atoms with van der Waals surface area (Å²) in [6.07, 6.45) is 4.22. The lowest BCUT2D eigenvalue weighted by atomic mass is 9.85. The van der Waals surface area contributed by atoms with Crippen LogP contribution < -0.4 is 5.32 Å². The molecule has 1 saturated carbocycles. The van der Waals surface area contributed by atoms with Crippen molar-refractivity contribution in [2.75, 3.05) is 6.54 Å². The van der Waals surface area contributed by atoms with Crippen molar-refractivity contribution >= 4 is 5.91 Å². The molecule has 1 fully saturated rings. The molecule has 1 amide bonds. The Labute approximate surface area is 127 Å². The first-order chi connectivity index (χ1) is 10.0. The van der Waals surface area contributed by atoms with E-state index in [-0.39, 0.29) is 11.8 Å².